The molecule has 0 bridgehead atoms. The molecule has 0 aliphatic heterocycles. The fraction of sp³-hybridized carbons (Fsp3) is 0.556. The van der Waals surface area contributed by atoms with Crippen LogP contribution in [-0.2, 0) is 6.42 Å². The van der Waals surface area contributed by atoms with Gasteiger partial charge < -0.3 is 0 Å². The van der Waals surface area contributed by atoms with Gasteiger partial charge in [-0.15, -0.1) is 11.3 Å². The lowest BCUT2D eigenvalue weighted by Gasteiger charge is -1.98. The minimum absolute atomic E-state index is 0.790. The lowest BCUT2D eigenvalue weighted by atomic mass is 10.1. The molecule has 0 aromatic carbocycles. The Kier molecular flexibility index (Phi) is 2.50. The number of rotatable bonds is 2. The highest BCUT2D eigenvalue weighted by atomic mass is 32.1. The minimum Gasteiger partial charge on any atom is -0.146 e. The molecule has 1 heteroatoms. The maximum absolute atomic E-state index is 2.26. The van der Waals surface area contributed by atoms with E-state index < -0.39 is 0 Å². The Bertz CT molecular complexity index is 198. The van der Waals surface area contributed by atoms with Crippen LogP contribution in [0.4, 0.5) is 0 Å². The third-order valence-corrected chi connectivity index (χ3v) is 2.43. The molecule has 1 heterocycles. The summed E-state index contributed by atoms with van der Waals surface area (Å²) in [4.78, 5) is 2.95. The topological polar surface area (TPSA) is 0 Å². The summed E-state index contributed by atoms with van der Waals surface area (Å²) in [6.07, 6.45) is 1.23. The highest BCUT2D eigenvalue weighted by Gasteiger charge is 1.98. The summed E-state index contributed by atoms with van der Waals surface area (Å²) in [7, 11) is 0. The maximum atomic E-state index is 2.26. The van der Waals surface area contributed by atoms with Gasteiger partial charge >= 0.3 is 0 Å². The first-order valence-corrected chi connectivity index (χ1v) is 4.55. The van der Waals surface area contributed by atoms with Crippen LogP contribution in [0.3, 0.4) is 0 Å². The monoisotopic (exact) mass is 154 g/mol. The van der Waals surface area contributed by atoms with Crippen molar-refractivity contribution in [1.29, 1.82) is 0 Å². The summed E-state index contributed by atoms with van der Waals surface area (Å²) >= 11 is 1.92. The highest BCUT2D eigenvalue weighted by Crippen LogP contribution is 2.18. The predicted octanol–water partition coefficient (Wildman–Crippen LogP) is 3.26. The minimum atomic E-state index is 0.790. The Balaban J connectivity index is 2.58. The van der Waals surface area contributed by atoms with Crippen LogP contribution in [-0.4, -0.2) is 0 Å². The zero-order chi connectivity index (χ0) is 7.56. The Labute approximate surface area is 66.9 Å². The number of hydrogen-bond donors (Lipinski definition) is 0. The van der Waals surface area contributed by atoms with Gasteiger partial charge in [0, 0.05) is 9.75 Å². The molecule has 0 unspecified atom stereocenters. The van der Waals surface area contributed by atoms with E-state index in [9.17, 15) is 0 Å². The standard InChI is InChI=1S/C9H14S/c1-7(2)6-9-5-4-8(3)10-9/h4-5,7H,6H2,1-3H3. The van der Waals surface area contributed by atoms with Gasteiger partial charge in [0.15, 0.2) is 0 Å². The van der Waals surface area contributed by atoms with Crippen LogP contribution in [0.15, 0.2) is 12.1 Å². The molecule has 0 aliphatic rings. The Hall–Kier alpha value is -0.300. The summed E-state index contributed by atoms with van der Waals surface area (Å²) in [5.41, 5.74) is 0. The molecule has 0 saturated carbocycles. The van der Waals surface area contributed by atoms with Crippen molar-refractivity contribution in [3.63, 3.8) is 0 Å². The Morgan fingerprint density at radius 2 is 2.10 bits per heavy atom. The molecule has 56 valence electrons. The highest BCUT2D eigenvalue weighted by molar-refractivity contribution is 7.11. The molecular formula is C9H14S. The van der Waals surface area contributed by atoms with Crippen LogP contribution >= 0.6 is 11.3 Å². The van der Waals surface area contributed by atoms with Crippen molar-refractivity contribution in [2.75, 3.05) is 0 Å². The van der Waals surface area contributed by atoms with Crippen molar-refractivity contribution < 1.29 is 0 Å². The summed E-state index contributed by atoms with van der Waals surface area (Å²) < 4.78 is 0. The second-order valence-electron chi connectivity index (χ2n) is 3.11. The molecule has 1 aromatic rings. The van der Waals surface area contributed by atoms with Crippen LogP contribution in [0.1, 0.15) is 23.6 Å². The van der Waals surface area contributed by atoms with Gasteiger partial charge in [0.25, 0.3) is 0 Å². The average Bonchev–Trinajstić information content (AvgIpc) is 2.13. The first-order chi connectivity index (χ1) is 4.68. The van der Waals surface area contributed by atoms with Crippen LogP contribution in [0.2, 0.25) is 0 Å². The second kappa shape index (κ2) is 3.20. The van der Waals surface area contributed by atoms with Gasteiger partial charge in [-0.2, -0.15) is 0 Å². The first kappa shape index (κ1) is 7.80. The van der Waals surface area contributed by atoms with E-state index in [2.05, 4.69) is 32.9 Å². The van der Waals surface area contributed by atoms with E-state index in [1.54, 1.807) is 0 Å². The quantitative estimate of drug-likeness (QED) is 0.613. The number of hydrogen-bond acceptors (Lipinski definition) is 1. The molecular weight excluding hydrogens is 140 g/mol. The van der Waals surface area contributed by atoms with Crippen molar-refractivity contribution in [3.8, 4) is 0 Å². The number of aryl methyl sites for hydroxylation is 1. The van der Waals surface area contributed by atoms with E-state index in [4.69, 9.17) is 0 Å². The Morgan fingerprint density at radius 1 is 1.40 bits per heavy atom. The normalized spacial score (nSPS) is 10.8. The third-order valence-electron chi connectivity index (χ3n) is 1.41. The van der Waals surface area contributed by atoms with Crippen molar-refractivity contribution in [2.24, 2.45) is 5.92 Å². The predicted molar refractivity (Wildman–Crippen MR) is 47.6 cm³/mol. The van der Waals surface area contributed by atoms with Crippen molar-refractivity contribution in [3.05, 3.63) is 21.9 Å². The van der Waals surface area contributed by atoms with Gasteiger partial charge in [0.05, 0.1) is 0 Å². The van der Waals surface area contributed by atoms with Gasteiger partial charge in [-0.25, -0.2) is 0 Å². The Morgan fingerprint density at radius 3 is 2.50 bits per heavy atom. The van der Waals surface area contributed by atoms with Gasteiger partial charge in [-0.3, -0.25) is 0 Å². The molecule has 0 amide bonds. The molecule has 0 N–H and O–H groups in total. The van der Waals surface area contributed by atoms with Crippen LogP contribution in [0.25, 0.3) is 0 Å². The second-order valence-corrected chi connectivity index (χ2v) is 4.48. The van der Waals surface area contributed by atoms with E-state index in [1.165, 1.54) is 16.2 Å². The van der Waals surface area contributed by atoms with Gasteiger partial charge in [-0.1, -0.05) is 13.8 Å². The smallest absolute Gasteiger partial charge is 0.00506 e. The summed E-state index contributed by atoms with van der Waals surface area (Å²) in [5, 5.41) is 0. The summed E-state index contributed by atoms with van der Waals surface area (Å²) in [6.45, 7) is 6.68. The third kappa shape index (κ3) is 2.14. The van der Waals surface area contributed by atoms with Crippen molar-refractivity contribution in [1.82, 2.24) is 0 Å². The molecule has 0 nitrogen and oxygen atoms in total. The molecule has 0 radical (unpaired) electrons. The van der Waals surface area contributed by atoms with Gasteiger partial charge in [0.1, 0.15) is 0 Å². The number of thiophene rings is 1. The summed E-state index contributed by atoms with van der Waals surface area (Å²) in [6, 6.07) is 4.43. The largest absolute Gasteiger partial charge is 0.146 e. The molecule has 1 aromatic heterocycles. The first-order valence-electron chi connectivity index (χ1n) is 3.74. The van der Waals surface area contributed by atoms with E-state index >= 15 is 0 Å². The molecule has 0 atom stereocenters. The van der Waals surface area contributed by atoms with Crippen molar-refractivity contribution >= 4 is 11.3 Å². The van der Waals surface area contributed by atoms with E-state index in [-0.39, 0.29) is 0 Å². The van der Waals surface area contributed by atoms with Gasteiger partial charge in [0.2, 0.25) is 0 Å². The SMILES string of the molecule is Cc1ccc(CC(C)C)s1. The van der Waals surface area contributed by atoms with E-state index in [0.717, 1.165) is 5.92 Å². The molecule has 0 aliphatic carbocycles. The summed E-state index contributed by atoms with van der Waals surface area (Å²) in [5.74, 6) is 0.790. The van der Waals surface area contributed by atoms with E-state index in [0.29, 0.717) is 0 Å². The fourth-order valence-corrected chi connectivity index (χ4v) is 2.10. The lowest BCUT2D eigenvalue weighted by Crippen LogP contribution is -1.89. The molecule has 10 heavy (non-hydrogen) atoms. The molecule has 0 spiro atoms. The van der Waals surface area contributed by atoms with Crippen LogP contribution in [0, 0.1) is 12.8 Å². The fourth-order valence-electron chi connectivity index (χ4n) is 0.997. The molecule has 1 rings (SSSR count). The molecule has 0 fully saturated rings. The zero-order valence-corrected chi connectivity index (χ0v) is 7.66. The van der Waals surface area contributed by atoms with Crippen LogP contribution in [0.5, 0.6) is 0 Å². The van der Waals surface area contributed by atoms with Crippen LogP contribution < -0.4 is 0 Å². The average molecular weight is 154 g/mol. The van der Waals surface area contributed by atoms with Gasteiger partial charge in [-0.05, 0) is 31.4 Å². The zero-order valence-electron chi connectivity index (χ0n) is 6.85. The van der Waals surface area contributed by atoms with E-state index in [1.807, 2.05) is 11.3 Å². The van der Waals surface area contributed by atoms with Crippen molar-refractivity contribution in [2.45, 2.75) is 27.2 Å². The molecule has 0 saturated heterocycles. The lowest BCUT2D eigenvalue weighted by molar-refractivity contribution is 0.654. The maximum Gasteiger partial charge on any atom is 0.00506 e.